The van der Waals surface area contributed by atoms with Crippen molar-refractivity contribution >= 4 is 15.9 Å². The molecule has 0 radical (unpaired) electrons. The molecule has 21 heavy (non-hydrogen) atoms. The Kier molecular flexibility index (Phi) is 5.60. The van der Waals surface area contributed by atoms with E-state index >= 15 is 0 Å². The number of benzene rings is 2. The molecule has 2 aromatic carbocycles. The van der Waals surface area contributed by atoms with Crippen molar-refractivity contribution in [1.82, 2.24) is 5.32 Å². The van der Waals surface area contributed by atoms with Crippen LogP contribution < -0.4 is 5.32 Å². The highest BCUT2D eigenvalue weighted by molar-refractivity contribution is 9.10. The smallest absolute Gasteiger partial charge is 0.0363 e. The Balaban J connectivity index is 2.32. The van der Waals surface area contributed by atoms with Gasteiger partial charge in [0.05, 0.1) is 0 Å². The Morgan fingerprint density at radius 1 is 1.00 bits per heavy atom. The molecule has 0 aromatic heterocycles. The summed E-state index contributed by atoms with van der Waals surface area (Å²) >= 11 is 3.55. The van der Waals surface area contributed by atoms with Crippen LogP contribution in [0.4, 0.5) is 0 Å². The first kappa shape index (κ1) is 16.3. The van der Waals surface area contributed by atoms with Gasteiger partial charge in [0.1, 0.15) is 0 Å². The van der Waals surface area contributed by atoms with E-state index in [1.807, 2.05) is 0 Å². The van der Waals surface area contributed by atoms with Crippen molar-refractivity contribution in [3.8, 4) is 0 Å². The first-order valence-electron chi connectivity index (χ1n) is 7.56. The topological polar surface area (TPSA) is 12.0 Å². The molecule has 112 valence electrons. The van der Waals surface area contributed by atoms with Crippen LogP contribution in [0.15, 0.2) is 40.9 Å². The minimum Gasteiger partial charge on any atom is -0.310 e. The van der Waals surface area contributed by atoms with E-state index in [4.69, 9.17) is 0 Å². The highest BCUT2D eigenvalue weighted by Gasteiger charge is 2.15. The Labute approximate surface area is 136 Å². The second kappa shape index (κ2) is 7.24. The van der Waals surface area contributed by atoms with E-state index in [0.717, 1.165) is 17.4 Å². The second-order valence-electron chi connectivity index (χ2n) is 5.75. The SMILES string of the molecule is CCNC(Cc1cc(C)ccc1C)c1ccc(Br)cc1C. The summed E-state index contributed by atoms with van der Waals surface area (Å²) in [7, 11) is 0. The summed E-state index contributed by atoms with van der Waals surface area (Å²) in [5.74, 6) is 0. The lowest BCUT2D eigenvalue weighted by atomic mass is 9.92. The van der Waals surface area contributed by atoms with Crippen LogP contribution in [0.1, 0.15) is 40.8 Å². The molecule has 0 saturated carbocycles. The Morgan fingerprint density at radius 3 is 2.43 bits per heavy atom. The number of rotatable bonds is 5. The van der Waals surface area contributed by atoms with Crippen molar-refractivity contribution in [2.45, 2.75) is 40.2 Å². The van der Waals surface area contributed by atoms with Crippen molar-refractivity contribution in [2.24, 2.45) is 0 Å². The number of aryl methyl sites for hydroxylation is 3. The number of likely N-dealkylation sites (N-methyl/N-ethyl adjacent to an activating group) is 1. The van der Waals surface area contributed by atoms with Gasteiger partial charge in [0.15, 0.2) is 0 Å². The average molecular weight is 346 g/mol. The predicted octanol–water partition coefficient (Wildman–Crippen LogP) is 5.27. The summed E-state index contributed by atoms with van der Waals surface area (Å²) < 4.78 is 1.14. The third-order valence-corrected chi connectivity index (χ3v) is 4.48. The number of hydrogen-bond donors (Lipinski definition) is 1. The van der Waals surface area contributed by atoms with E-state index < -0.39 is 0 Å². The summed E-state index contributed by atoms with van der Waals surface area (Å²) in [6, 6.07) is 13.7. The normalized spacial score (nSPS) is 12.4. The number of hydrogen-bond acceptors (Lipinski definition) is 1. The van der Waals surface area contributed by atoms with Gasteiger partial charge in [-0.1, -0.05) is 52.7 Å². The van der Waals surface area contributed by atoms with Crippen molar-refractivity contribution in [2.75, 3.05) is 6.54 Å². The van der Waals surface area contributed by atoms with E-state index in [1.165, 1.54) is 27.8 Å². The quantitative estimate of drug-likeness (QED) is 0.778. The molecular formula is C19H24BrN. The molecule has 0 aliphatic carbocycles. The molecule has 1 atom stereocenters. The van der Waals surface area contributed by atoms with Gasteiger partial charge in [0.25, 0.3) is 0 Å². The zero-order valence-corrected chi connectivity index (χ0v) is 14.9. The Hall–Kier alpha value is -1.12. The van der Waals surface area contributed by atoms with Gasteiger partial charge in [-0.2, -0.15) is 0 Å². The summed E-state index contributed by atoms with van der Waals surface area (Å²) in [6.45, 7) is 9.70. The molecule has 0 spiro atoms. The lowest BCUT2D eigenvalue weighted by Crippen LogP contribution is -2.24. The van der Waals surface area contributed by atoms with Crippen LogP contribution >= 0.6 is 15.9 Å². The maximum atomic E-state index is 3.64. The van der Waals surface area contributed by atoms with Crippen LogP contribution in [-0.4, -0.2) is 6.54 Å². The minimum absolute atomic E-state index is 0.364. The molecule has 0 amide bonds. The fourth-order valence-electron chi connectivity index (χ4n) is 2.81. The second-order valence-corrected chi connectivity index (χ2v) is 6.66. The van der Waals surface area contributed by atoms with E-state index in [0.29, 0.717) is 6.04 Å². The molecule has 0 heterocycles. The van der Waals surface area contributed by atoms with Crippen LogP contribution in [0.25, 0.3) is 0 Å². The molecular weight excluding hydrogens is 322 g/mol. The number of halogens is 1. The molecule has 0 aliphatic heterocycles. The van der Waals surface area contributed by atoms with Gasteiger partial charge < -0.3 is 5.32 Å². The van der Waals surface area contributed by atoms with E-state index in [1.54, 1.807) is 0 Å². The van der Waals surface area contributed by atoms with Crippen LogP contribution in [0.5, 0.6) is 0 Å². The van der Waals surface area contributed by atoms with Crippen LogP contribution in [0.3, 0.4) is 0 Å². The fraction of sp³-hybridized carbons (Fsp3) is 0.368. The van der Waals surface area contributed by atoms with Crippen molar-refractivity contribution < 1.29 is 0 Å². The Bertz CT molecular complexity index is 619. The van der Waals surface area contributed by atoms with E-state index in [9.17, 15) is 0 Å². The summed E-state index contributed by atoms with van der Waals surface area (Å²) in [4.78, 5) is 0. The zero-order chi connectivity index (χ0) is 15.4. The predicted molar refractivity (Wildman–Crippen MR) is 94.9 cm³/mol. The molecule has 0 bridgehead atoms. The molecule has 2 aromatic rings. The molecule has 0 fully saturated rings. The van der Waals surface area contributed by atoms with Gasteiger partial charge in [-0.3, -0.25) is 0 Å². The standard InChI is InChI=1S/C19H24BrN/c1-5-21-19(18-9-8-17(20)11-15(18)4)12-16-10-13(2)6-7-14(16)3/h6-11,19,21H,5,12H2,1-4H3. The highest BCUT2D eigenvalue weighted by Crippen LogP contribution is 2.26. The van der Waals surface area contributed by atoms with Crippen LogP contribution in [-0.2, 0) is 6.42 Å². The van der Waals surface area contributed by atoms with Gasteiger partial charge in [-0.25, -0.2) is 0 Å². The summed E-state index contributed by atoms with van der Waals surface area (Å²) in [5, 5.41) is 3.64. The van der Waals surface area contributed by atoms with Crippen LogP contribution in [0.2, 0.25) is 0 Å². The maximum absolute atomic E-state index is 3.64. The first-order valence-corrected chi connectivity index (χ1v) is 8.36. The third-order valence-electron chi connectivity index (χ3n) is 3.99. The Morgan fingerprint density at radius 2 is 1.76 bits per heavy atom. The van der Waals surface area contributed by atoms with Gasteiger partial charge in [-0.05, 0) is 68.1 Å². The van der Waals surface area contributed by atoms with Gasteiger partial charge in [0, 0.05) is 10.5 Å². The molecule has 1 nitrogen and oxygen atoms in total. The van der Waals surface area contributed by atoms with E-state index in [2.05, 4.69) is 85.3 Å². The molecule has 1 unspecified atom stereocenters. The van der Waals surface area contributed by atoms with Gasteiger partial charge >= 0.3 is 0 Å². The summed E-state index contributed by atoms with van der Waals surface area (Å²) in [5.41, 5.74) is 6.86. The largest absolute Gasteiger partial charge is 0.310 e. The lowest BCUT2D eigenvalue weighted by molar-refractivity contribution is 0.546. The lowest BCUT2D eigenvalue weighted by Gasteiger charge is -2.22. The van der Waals surface area contributed by atoms with Gasteiger partial charge in [-0.15, -0.1) is 0 Å². The van der Waals surface area contributed by atoms with Crippen LogP contribution in [0, 0.1) is 20.8 Å². The first-order chi connectivity index (χ1) is 10.0. The maximum Gasteiger partial charge on any atom is 0.0363 e. The number of nitrogens with one attached hydrogen (secondary N) is 1. The molecule has 2 heteroatoms. The zero-order valence-electron chi connectivity index (χ0n) is 13.3. The third kappa shape index (κ3) is 4.18. The minimum atomic E-state index is 0.364. The van der Waals surface area contributed by atoms with Crippen molar-refractivity contribution in [1.29, 1.82) is 0 Å². The molecule has 2 rings (SSSR count). The fourth-order valence-corrected chi connectivity index (χ4v) is 3.28. The average Bonchev–Trinajstić information content (AvgIpc) is 2.42. The van der Waals surface area contributed by atoms with Gasteiger partial charge in [0.2, 0.25) is 0 Å². The molecule has 0 saturated heterocycles. The highest BCUT2D eigenvalue weighted by atomic mass is 79.9. The molecule has 1 N–H and O–H groups in total. The monoisotopic (exact) mass is 345 g/mol. The summed E-state index contributed by atoms with van der Waals surface area (Å²) in [6.07, 6.45) is 1.03. The van der Waals surface area contributed by atoms with Crippen molar-refractivity contribution in [3.63, 3.8) is 0 Å². The molecule has 0 aliphatic rings. The van der Waals surface area contributed by atoms with E-state index in [-0.39, 0.29) is 0 Å². The van der Waals surface area contributed by atoms with Crippen molar-refractivity contribution in [3.05, 3.63) is 68.7 Å².